The van der Waals surface area contributed by atoms with Crippen LogP contribution in [-0.4, -0.2) is 46.6 Å². The third-order valence-electron chi connectivity index (χ3n) is 10.0. The second-order valence-electron chi connectivity index (χ2n) is 12.7. The van der Waals surface area contributed by atoms with E-state index in [9.17, 15) is 10.4 Å². The quantitative estimate of drug-likeness (QED) is 0.292. The van der Waals surface area contributed by atoms with Crippen molar-refractivity contribution in [3.8, 4) is 6.07 Å². The minimum absolute atomic E-state index is 0.0741. The number of aliphatic hydroxyl groups is 1. The van der Waals surface area contributed by atoms with Crippen LogP contribution in [0.15, 0.2) is 35.4 Å². The molecule has 3 unspecified atom stereocenters. The highest BCUT2D eigenvalue weighted by Crippen LogP contribution is 2.60. The molecule has 1 heterocycles. The lowest BCUT2D eigenvalue weighted by atomic mass is 9.48. The van der Waals surface area contributed by atoms with Gasteiger partial charge in [0.1, 0.15) is 17.5 Å². The maximum Gasteiger partial charge on any atom is 0.224 e. The molecule has 208 valence electrons. The van der Waals surface area contributed by atoms with Crippen molar-refractivity contribution in [1.29, 1.82) is 5.26 Å². The first kappa shape index (κ1) is 26.9. The van der Waals surface area contributed by atoms with Gasteiger partial charge in [0.25, 0.3) is 0 Å². The largest absolute Gasteiger partial charge is 0.393 e. The van der Waals surface area contributed by atoms with Crippen LogP contribution in [0.2, 0.25) is 0 Å². The van der Waals surface area contributed by atoms with E-state index in [2.05, 4.69) is 57.5 Å². The Hall–Kier alpha value is -2.34. The average molecular weight is 547 g/mol. The van der Waals surface area contributed by atoms with Gasteiger partial charge in [-0.15, -0.1) is 11.8 Å². The van der Waals surface area contributed by atoms with Crippen LogP contribution in [0.5, 0.6) is 0 Å². The van der Waals surface area contributed by atoms with Gasteiger partial charge >= 0.3 is 0 Å². The Morgan fingerprint density at radius 3 is 2.59 bits per heavy atom. The van der Waals surface area contributed by atoms with Crippen molar-refractivity contribution in [1.82, 2.24) is 15.3 Å². The summed E-state index contributed by atoms with van der Waals surface area (Å²) in [6.45, 7) is 2.64. The molecule has 5 aliphatic rings. The number of anilines is 2. The first-order valence-electron chi connectivity index (χ1n) is 14.8. The molecule has 4 N–H and O–H groups in total. The van der Waals surface area contributed by atoms with E-state index in [0.717, 1.165) is 62.4 Å². The third-order valence-corrected chi connectivity index (χ3v) is 10.9. The normalized spacial score (nSPS) is 33.1. The molecule has 5 atom stereocenters. The van der Waals surface area contributed by atoms with Crippen molar-refractivity contribution in [3.63, 3.8) is 0 Å². The molecule has 2 aromatic rings. The van der Waals surface area contributed by atoms with Crippen LogP contribution in [-0.2, 0) is 6.54 Å². The van der Waals surface area contributed by atoms with Crippen LogP contribution in [0.4, 0.5) is 11.8 Å². The molecule has 5 saturated carbocycles. The lowest BCUT2D eigenvalue weighted by Crippen LogP contribution is -2.60. The zero-order valence-corrected chi connectivity index (χ0v) is 23.8. The van der Waals surface area contributed by atoms with E-state index < -0.39 is 0 Å². The molecule has 0 saturated heterocycles. The molecule has 5 aliphatic carbocycles. The molecule has 39 heavy (non-hydrogen) atoms. The fraction of sp³-hybridized carbons (Fsp3) is 0.645. The molecule has 8 heteroatoms. The summed E-state index contributed by atoms with van der Waals surface area (Å²) in [4.78, 5) is 10.4. The Morgan fingerprint density at radius 2 is 1.85 bits per heavy atom. The zero-order valence-electron chi connectivity index (χ0n) is 23.0. The van der Waals surface area contributed by atoms with Crippen LogP contribution in [0.1, 0.15) is 68.9 Å². The molecule has 4 bridgehead atoms. The van der Waals surface area contributed by atoms with Crippen molar-refractivity contribution >= 4 is 23.5 Å². The number of nitrogens with zero attached hydrogens (tertiary/aromatic N) is 3. The van der Waals surface area contributed by atoms with E-state index in [4.69, 9.17) is 4.98 Å². The maximum absolute atomic E-state index is 9.86. The van der Waals surface area contributed by atoms with Crippen molar-refractivity contribution in [2.75, 3.05) is 30.0 Å². The highest BCUT2D eigenvalue weighted by atomic mass is 32.2. The van der Waals surface area contributed by atoms with Gasteiger partial charge in [-0.3, -0.25) is 0 Å². The molecule has 5 fully saturated rings. The minimum atomic E-state index is -0.0741. The summed E-state index contributed by atoms with van der Waals surface area (Å²) in [6.07, 6.45) is 14.5. The van der Waals surface area contributed by atoms with Crippen molar-refractivity contribution in [2.24, 2.45) is 29.1 Å². The van der Waals surface area contributed by atoms with Crippen molar-refractivity contribution in [3.05, 3.63) is 41.6 Å². The average Bonchev–Trinajstić information content (AvgIpc) is 2.95. The van der Waals surface area contributed by atoms with Gasteiger partial charge in [0.2, 0.25) is 5.95 Å². The Balaban J connectivity index is 1.08. The first-order chi connectivity index (χ1) is 19.0. The summed E-state index contributed by atoms with van der Waals surface area (Å²) >= 11 is 1.74. The first-order valence-corrected chi connectivity index (χ1v) is 16.0. The Labute approximate surface area is 237 Å². The van der Waals surface area contributed by atoms with E-state index in [0.29, 0.717) is 35.3 Å². The van der Waals surface area contributed by atoms with Crippen LogP contribution < -0.4 is 16.0 Å². The second-order valence-corrected chi connectivity index (χ2v) is 13.5. The number of aliphatic hydroxyl groups excluding tert-OH is 1. The maximum atomic E-state index is 9.86. The second kappa shape index (κ2) is 11.6. The van der Waals surface area contributed by atoms with E-state index in [1.165, 1.54) is 42.6 Å². The fourth-order valence-electron chi connectivity index (χ4n) is 8.37. The zero-order chi connectivity index (χ0) is 26.8. The van der Waals surface area contributed by atoms with Gasteiger partial charge in [0, 0.05) is 24.0 Å². The van der Waals surface area contributed by atoms with Gasteiger partial charge in [-0.2, -0.15) is 10.2 Å². The standard InChI is InChI=1S/C31H42N6OS/c1-39-27-5-3-2-4-22(27)17-34-30-35-18-25(15-32)29(37-30)36-19-31-12-21-10-23(13-31)28(24(11-21)14-31)33-16-20-6-8-26(38)9-7-20/h2-5,18,20-21,23-24,26,28,33,38H,6-14,16-17,19H2,1H3,(H2,34,35,36,37)/t20?,21?,23-,24+,26?,28?,31?. The molecule has 0 spiro atoms. The van der Waals surface area contributed by atoms with E-state index in [1.54, 1.807) is 18.0 Å². The summed E-state index contributed by atoms with van der Waals surface area (Å²) in [5.74, 6) is 4.27. The molecule has 7 rings (SSSR count). The number of nitrogens with one attached hydrogen (secondary N) is 3. The van der Waals surface area contributed by atoms with Gasteiger partial charge in [0.05, 0.1) is 12.3 Å². The molecular formula is C31H42N6OS. The smallest absolute Gasteiger partial charge is 0.224 e. The van der Waals surface area contributed by atoms with Crippen LogP contribution in [0.3, 0.4) is 0 Å². The molecule has 1 aromatic heterocycles. The SMILES string of the molecule is CSc1ccccc1CNc1ncc(C#N)c(NCC23CC4C[C@H](C2)C(NCC2CCC(O)CC2)[C@@H](C4)C3)n1. The Bertz CT molecular complexity index is 1180. The summed E-state index contributed by atoms with van der Waals surface area (Å²) in [5.41, 5.74) is 2.02. The van der Waals surface area contributed by atoms with Crippen LogP contribution in [0, 0.1) is 40.4 Å². The lowest BCUT2D eigenvalue weighted by Gasteiger charge is -2.60. The van der Waals surface area contributed by atoms with Gasteiger partial charge in [-0.25, -0.2) is 4.98 Å². The Morgan fingerprint density at radius 1 is 1.08 bits per heavy atom. The molecule has 0 aliphatic heterocycles. The monoisotopic (exact) mass is 546 g/mol. The summed E-state index contributed by atoms with van der Waals surface area (Å²) in [6, 6.07) is 11.3. The topological polar surface area (TPSA) is 106 Å². The Kier molecular flexibility index (Phi) is 8.02. The number of nitriles is 1. The molecule has 0 amide bonds. The van der Waals surface area contributed by atoms with Gasteiger partial charge < -0.3 is 21.1 Å². The number of rotatable bonds is 10. The van der Waals surface area contributed by atoms with Crippen LogP contribution >= 0.6 is 11.8 Å². The molecule has 1 aromatic carbocycles. The van der Waals surface area contributed by atoms with E-state index in [1.807, 2.05) is 0 Å². The number of thioether (sulfide) groups is 1. The van der Waals surface area contributed by atoms with Crippen molar-refractivity contribution < 1.29 is 5.11 Å². The minimum Gasteiger partial charge on any atom is -0.393 e. The molecule has 7 nitrogen and oxygen atoms in total. The molecule has 0 radical (unpaired) electrons. The number of benzene rings is 1. The van der Waals surface area contributed by atoms with Gasteiger partial charge in [-0.05, 0) is 111 Å². The summed E-state index contributed by atoms with van der Waals surface area (Å²) < 4.78 is 0. The lowest BCUT2D eigenvalue weighted by molar-refractivity contribution is -0.0704. The van der Waals surface area contributed by atoms with Crippen LogP contribution in [0.25, 0.3) is 0 Å². The predicted octanol–water partition coefficient (Wildman–Crippen LogP) is 5.43. The highest BCUT2D eigenvalue weighted by Gasteiger charge is 2.55. The number of hydrogen-bond donors (Lipinski definition) is 4. The van der Waals surface area contributed by atoms with E-state index >= 15 is 0 Å². The van der Waals surface area contributed by atoms with Gasteiger partial charge in [0.15, 0.2) is 0 Å². The van der Waals surface area contributed by atoms with Gasteiger partial charge in [-0.1, -0.05) is 18.2 Å². The molecular weight excluding hydrogens is 504 g/mol. The third kappa shape index (κ3) is 5.91. The number of hydrogen-bond acceptors (Lipinski definition) is 8. The van der Waals surface area contributed by atoms with Crippen molar-refractivity contribution in [2.45, 2.75) is 81.4 Å². The highest BCUT2D eigenvalue weighted by molar-refractivity contribution is 7.98. The summed E-state index contributed by atoms with van der Waals surface area (Å²) in [7, 11) is 0. The number of aromatic nitrogens is 2. The van der Waals surface area contributed by atoms with E-state index in [-0.39, 0.29) is 6.10 Å². The summed E-state index contributed by atoms with van der Waals surface area (Å²) in [5, 5.41) is 30.6. The fourth-order valence-corrected chi connectivity index (χ4v) is 8.99. The predicted molar refractivity (Wildman–Crippen MR) is 157 cm³/mol.